The van der Waals surface area contributed by atoms with Crippen LogP contribution >= 0.6 is 23.4 Å². The van der Waals surface area contributed by atoms with E-state index in [1.807, 2.05) is 42.5 Å². The molecule has 0 bridgehead atoms. The quantitative estimate of drug-likeness (QED) is 0.321. The van der Waals surface area contributed by atoms with Gasteiger partial charge >= 0.3 is 0 Å². The largest absolute Gasteiger partial charge is 0.490 e. The van der Waals surface area contributed by atoms with Crippen LogP contribution in [-0.2, 0) is 16.1 Å². The fraction of sp³-hybridized carbons (Fsp3) is 0.280. The highest BCUT2D eigenvalue weighted by molar-refractivity contribution is 7.99. The van der Waals surface area contributed by atoms with Crippen LogP contribution in [0, 0.1) is 17.6 Å². The second-order valence-electron chi connectivity index (χ2n) is 7.45. The SMILES string of the molecule is Fc1ccc(F)c2c1OC[C@@H](COCCOCc1ccccc1)[C@@H]2Sc1ccc(Cl)cc1. The van der Waals surface area contributed by atoms with Crippen LogP contribution in [0.2, 0.25) is 5.02 Å². The molecule has 0 saturated heterocycles. The minimum atomic E-state index is -0.559. The van der Waals surface area contributed by atoms with Crippen LogP contribution < -0.4 is 4.74 Å². The third-order valence-corrected chi connectivity index (χ3v) is 6.81. The molecule has 32 heavy (non-hydrogen) atoms. The van der Waals surface area contributed by atoms with Crippen molar-refractivity contribution in [3.63, 3.8) is 0 Å². The van der Waals surface area contributed by atoms with Crippen molar-refractivity contribution in [3.05, 3.63) is 94.5 Å². The monoisotopic (exact) mass is 476 g/mol. The van der Waals surface area contributed by atoms with Crippen LogP contribution in [0.4, 0.5) is 8.78 Å². The molecule has 0 N–H and O–H groups in total. The van der Waals surface area contributed by atoms with Crippen molar-refractivity contribution >= 4 is 23.4 Å². The van der Waals surface area contributed by atoms with Gasteiger partial charge in [0.1, 0.15) is 5.82 Å². The molecule has 3 aromatic carbocycles. The van der Waals surface area contributed by atoms with Crippen molar-refractivity contribution in [2.24, 2.45) is 5.92 Å². The zero-order valence-electron chi connectivity index (χ0n) is 17.3. The molecule has 3 aromatic rings. The molecule has 0 aliphatic carbocycles. The van der Waals surface area contributed by atoms with Gasteiger partial charge in [-0.25, -0.2) is 8.78 Å². The van der Waals surface area contributed by atoms with Gasteiger partial charge in [0.15, 0.2) is 11.6 Å². The van der Waals surface area contributed by atoms with E-state index < -0.39 is 11.6 Å². The molecule has 0 spiro atoms. The molecule has 168 valence electrons. The van der Waals surface area contributed by atoms with Crippen molar-refractivity contribution in [2.45, 2.75) is 16.8 Å². The molecular formula is C25H23ClF2O3S. The molecule has 0 radical (unpaired) electrons. The van der Waals surface area contributed by atoms with E-state index in [1.165, 1.54) is 11.8 Å². The van der Waals surface area contributed by atoms with Crippen molar-refractivity contribution in [1.82, 2.24) is 0 Å². The third kappa shape index (κ3) is 5.81. The summed E-state index contributed by atoms with van der Waals surface area (Å²) in [5.41, 5.74) is 1.34. The highest BCUT2D eigenvalue weighted by Crippen LogP contribution is 2.49. The van der Waals surface area contributed by atoms with E-state index in [1.54, 1.807) is 12.1 Å². The van der Waals surface area contributed by atoms with Crippen LogP contribution in [0.1, 0.15) is 16.4 Å². The van der Waals surface area contributed by atoms with Gasteiger partial charge in [0.05, 0.1) is 33.0 Å². The molecular weight excluding hydrogens is 454 g/mol. The lowest BCUT2D eigenvalue weighted by Crippen LogP contribution is -2.30. The van der Waals surface area contributed by atoms with E-state index in [0.717, 1.165) is 22.6 Å². The molecule has 1 aliphatic rings. The third-order valence-electron chi connectivity index (χ3n) is 5.14. The summed E-state index contributed by atoms with van der Waals surface area (Å²) in [5.74, 6) is -1.21. The Hall–Kier alpha value is -2.12. The predicted molar refractivity (Wildman–Crippen MR) is 122 cm³/mol. The van der Waals surface area contributed by atoms with Gasteiger partial charge < -0.3 is 14.2 Å². The smallest absolute Gasteiger partial charge is 0.165 e. The molecule has 0 aromatic heterocycles. The van der Waals surface area contributed by atoms with E-state index in [9.17, 15) is 8.78 Å². The highest BCUT2D eigenvalue weighted by atomic mass is 35.5. The lowest BCUT2D eigenvalue weighted by Gasteiger charge is -2.33. The summed E-state index contributed by atoms with van der Waals surface area (Å²) >= 11 is 7.44. The Labute approximate surface area is 195 Å². The van der Waals surface area contributed by atoms with Crippen molar-refractivity contribution < 1.29 is 23.0 Å². The maximum absolute atomic E-state index is 14.7. The summed E-state index contributed by atoms with van der Waals surface area (Å²) in [7, 11) is 0. The minimum Gasteiger partial charge on any atom is -0.490 e. The maximum Gasteiger partial charge on any atom is 0.165 e. The fourth-order valence-corrected chi connectivity index (χ4v) is 4.94. The first-order valence-electron chi connectivity index (χ1n) is 10.3. The van der Waals surface area contributed by atoms with E-state index in [4.69, 9.17) is 25.8 Å². The Bertz CT molecular complexity index is 1020. The molecule has 1 aliphatic heterocycles. The lowest BCUT2D eigenvalue weighted by atomic mass is 9.96. The Morgan fingerprint density at radius 1 is 0.906 bits per heavy atom. The normalized spacial score (nSPS) is 17.6. The average Bonchev–Trinajstić information content (AvgIpc) is 2.81. The fourth-order valence-electron chi connectivity index (χ4n) is 3.54. The minimum absolute atomic E-state index is 0.0149. The number of benzene rings is 3. The molecule has 0 fully saturated rings. The van der Waals surface area contributed by atoms with Crippen LogP contribution in [0.3, 0.4) is 0 Å². The van der Waals surface area contributed by atoms with Crippen molar-refractivity contribution in [3.8, 4) is 5.75 Å². The first-order valence-corrected chi connectivity index (χ1v) is 11.6. The van der Waals surface area contributed by atoms with Crippen LogP contribution in [-0.4, -0.2) is 26.4 Å². The van der Waals surface area contributed by atoms with Crippen molar-refractivity contribution in [1.29, 1.82) is 0 Å². The molecule has 0 amide bonds. The Morgan fingerprint density at radius 2 is 1.62 bits per heavy atom. The van der Waals surface area contributed by atoms with Gasteiger partial charge in [0.25, 0.3) is 0 Å². The lowest BCUT2D eigenvalue weighted by molar-refractivity contribution is 0.0166. The van der Waals surface area contributed by atoms with Crippen LogP contribution in [0.5, 0.6) is 5.75 Å². The second-order valence-corrected chi connectivity index (χ2v) is 9.10. The van der Waals surface area contributed by atoms with E-state index >= 15 is 0 Å². The average molecular weight is 477 g/mol. The Morgan fingerprint density at radius 3 is 2.41 bits per heavy atom. The number of hydrogen-bond donors (Lipinski definition) is 0. The summed E-state index contributed by atoms with van der Waals surface area (Å²) in [4.78, 5) is 0.909. The highest BCUT2D eigenvalue weighted by Gasteiger charge is 2.36. The molecule has 0 saturated carbocycles. The number of halogens is 3. The number of ether oxygens (including phenoxy) is 3. The summed E-state index contributed by atoms with van der Waals surface area (Å²) < 4.78 is 46.1. The standard InChI is InChI=1S/C25H23ClF2O3S/c26-19-6-8-20(9-7-19)32-25-18(16-31-24-22(28)11-10-21(27)23(24)25)15-30-13-12-29-14-17-4-2-1-3-5-17/h1-11,18,25H,12-16H2/t18-,25+/m1/s1. The number of thioether (sulfide) groups is 1. The molecule has 7 heteroatoms. The van der Waals surface area contributed by atoms with Gasteiger partial charge in [-0.1, -0.05) is 41.9 Å². The molecule has 3 nitrogen and oxygen atoms in total. The molecule has 0 unspecified atom stereocenters. The first kappa shape index (κ1) is 23.1. The summed E-state index contributed by atoms with van der Waals surface area (Å²) in [6.45, 7) is 1.94. The molecule has 1 heterocycles. The van der Waals surface area contributed by atoms with Gasteiger partial charge in [-0.3, -0.25) is 0 Å². The van der Waals surface area contributed by atoms with Gasteiger partial charge in [-0.15, -0.1) is 11.8 Å². The van der Waals surface area contributed by atoms with Crippen LogP contribution in [0.15, 0.2) is 71.6 Å². The van der Waals surface area contributed by atoms with E-state index in [2.05, 4.69) is 0 Å². The summed E-state index contributed by atoms with van der Waals surface area (Å²) in [6, 6.07) is 19.4. The Kier molecular flexibility index (Phi) is 8.03. The predicted octanol–water partition coefficient (Wildman–Crippen LogP) is 6.69. The topological polar surface area (TPSA) is 27.7 Å². The Balaban J connectivity index is 1.39. The maximum atomic E-state index is 14.7. The second kappa shape index (κ2) is 11.1. The summed E-state index contributed by atoms with van der Waals surface area (Å²) in [6.07, 6.45) is 0. The van der Waals surface area contributed by atoms with E-state index in [-0.39, 0.29) is 29.1 Å². The van der Waals surface area contributed by atoms with Gasteiger partial charge in [-0.05, 0) is 42.0 Å². The van der Waals surface area contributed by atoms with Gasteiger partial charge in [0.2, 0.25) is 0 Å². The first-order chi connectivity index (χ1) is 15.6. The van der Waals surface area contributed by atoms with Gasteiger partial charge in [0, 0.05) is 26.6 Å². The van der Waals surface area contributed by atoms with E-state index in [0.29, 0.717) is 31.5 Å². The summed E-state index contributed by atoms with van der Waals surface area (Å²) in [5, 5.41) is 0.259. The number of hydrogen-bond acceptors (Lipinski definition) is 4. The van der Waals surface area contributed by atoms with Gasteiger partial charge in [-0.2, -0.15) is 0 Å². The zero-order valence-corrected chi connectivity index (χ0v) is 18.9. The molecule has 4 rings (SSSR count). The van der Waals surface area contributed by atoms with Crippen molar-refractivity contribution in [2.75, 3.05) is 26.4 Å². The molecule has 2 atom stereocenters. The van der Waals surface area contributed by atoms with Crippen LogP contribution in [0.25, 0.3) is 0 Å². The zero-order chi connectivity index (χ0) is 22.3. The number of fused-ring (bicyclic) bond motifs is 1. The number of rotatable bonds is 9.